The van der Waals surface area contributed by atoms with Crippen molar-refractivity contribution in [1.29, 1.82) is 0 Å². The van der Waals surface area contributed by atoms with Gasteiger partial charge >= 0.3 is 0 Å². The molecule has 1 aromatic rings. The topological polar surface area (TPSA) is 41.9 Å². The van der Waals surface area contributed by atoms with Crippen LogP contribution in [0, 0.1) is 17.8 Å². The van der Waals surface area contributed by atoms with E-state index in [1.165, 1.54) is 5.56 Å². The Hall–Kier alpha value is -1.68. The molecule has 4 rings (SSSR count). The Kier molecular flexibility index (Phi) is 4.87. The van der Waals surface area contributed by atoms with Crippen LogP contribution in [-0.4, -0.2) is 35.0 Å². The Balaban J connectivity index is 1.77. The molecular formula is C23H32N2O2. The summed E-state index contributed by atoms with van der Waals surface area (Å²) in [5, 5.41) is 0. The molecule has 0 radical (unpaired) electrons. The van der Waals surface area contributed by atoms with Gasteiger partial charge in [0, 0.05) is 24.8 Å². The van der Waals surface area contributed by atoms with E-state index in [2.05, 4.69) is 58.0 Å². The first-order chi connectivity index (χ1) is 13.1. The molecule has 2 fully saturated rings. The standard InChI is InChI=1S/C23H32N2O2/c1-5-16(6-2)21-24-20-13-18(17-11-9-8-10-12-17)15(4)19-14-23(20,27-21)25(7-3)22(19)26/h8-12,15-16,18-19,21H,5-7,13-14H2,1-4H3/t15-,18+,19?,21-,23+/m1/s1. The summed E-state index contributed by atoms with van der Waals surface area (Å²) in [7, 11) is 0. The zero-order chi connectivity index (χ0) is 19.2. The molecule has 2 heterocycles. The third kappa shape index (κ3) is 2.75. The summed E-state index contributed by atoms with van der Waals surface area (Å²) in [6, 6.07) is 10.7. The van der Waals surface area contributed by atoms with E-state index in [-0.39, 0.29) is 24.0 Å². The molecule has 5 atom stereocenters. The van der Waals surface area contributed by atoms with Crippen molar-refractivity contribution in [3.05, 3.63) is 35.9 Å². The number of amides is 1. The quantitative estimate of drug-likeness (QED) is 0.762. The predicted molar refractivity (Wildman–Crippen MR) is 108 cm³/mol. The Morgan fingerprint density at radius 3 is 2.52 bits per heavy atom. The lowest BCUT2D eigenvalue weighted by molar-refractivity contribution is -0.152. The van der Waals surface area contributed by atoms with Crippen molar-refractivity contribution >= 4 is 11.6 Å². The molecule has 4 nitrogen and oxygen atoms in total. The van der Waals surface area contributed by atoms with Gasteiger partial charge in [-0.05, 0) is 43.6 Å². The number of rotatable bonds is 5. The number of carbonyl (C=O) groups is 1. The van der Waals surface area contributed by atoms with Crippen LogP contribution in [0.5, 0.6) is 0 Å². The summed E-state index contributed by atoms with van der Waals surface area (Å²) in [6.45, 7) is 9.41. The van der Waals surface area contributed by atoms with E-state index in [0.717, 1.165) is 31.4 Å². The fourth-order valence-corrected chi connectivity index (χ4v) is 5.53. The zero-order valence-corrected chi connectivity index (χ0v) is 17.0. The number of hydrogen-bond donors (Lipinski definition) is 0. The van der Waals surface area contributed by atoms with Gasteiger partial charge in [0.25, 0.3) is 0 Å². The molecule has 1 aliphatic carbocycles. The lowest BCUT2D eigenvalue weighted by Crippen LogP contribution is -2.53. The maximum absolute atomic E-state index is 13.3. The molecular weight excluding hydrogens is 336 g/mol. The normalized spacial score (nSPS) is 35.4. The second kappa shape index (κ2) is 7.05. The minimum Gasteiger partial charge on any atom is -0.325 e. The molecule has 1 saturated carbocycles. The molecule has 1 saturated heterocycles. The third-order valence-electron chi connectivity index (χ3n) is 7.24. The molecule has 2 aliphatic heterocycles. The van der Waals surface area contributed by atoms with Gasteiger partial charge in [-0.3, -0.25) is 9.79 Å². The average molecular weight is 369 g/mol. The van der Waals surface area contributed by atoms with Crippen molar-refractivity contribution in [1.82, 2.24) is 4.90 Å². The summed E-state index contributed by atoms with van der Waals surface area (Å²) in [4.78, 5) is 20.4. The largest absolute Gasteiger partial charge is 0.325 e. The predicted octanol–water partition coefficient (Wildman–Crippen LogP) is 4.61. The maximum Gasteiger partial charge on any atom is 0.228 e. The van der Waals surface area contributed by atoms with Crippen molar-refractivity contribution in [2.75, 3.05) is 6.54 Å². The van der Waals surface area contributed by atoms with Gasteiger partial charge in [-0.25, -0.2) is 0 Å². The number of ether oxygens (including phenoxy) is 1. The maximum atomic E-state index is 13.3. The number of fused-ring (bicyclic) bond motifs is 1. The van der Waals surface area contributed by atoms with E-state index in [4.69, 9.17) is 9.73 Å². The summed E-state index contributed by atoms with van der Waals surface area (Å²) in [6.07, 6.45) is 3.65. The van der Waals surface area contributed by atoms with Gasteiger partial charge in [0.2, 0.25) is 5.91 Å². The third-order valence-corrected chi connectivity index (χ3v) is 7.24. The minimum atomic E-state index is -0.596. The smallest absolute Gasteiger partial charge is 0.228 e. The average Bonchev–Trinajstić information content (AvgIpc) is 3.14. The van der Waals surface area contributed by atoms with Gasteiger partial charge in [0.15, 0.2) is 12.0 Å². The van der Waals surface area contributed by atoms with E-state index in [1.807, 2.05) is 4.90 Å². The van der Waals surface area contributed by atoms with Crippen LogP contribution in [0.25, 0.3) is 0 Å². The second-order valence-electron chi connectivity index (χ2n) is 8.42. The zero-order valence-electron chi connectivity index (χ0n) is 17.0. The molecule has 1 spiro atoms. The van der Waals surface area contributed by atoms with Crippen LogP contribution in [0.3, 0.4) is 0 Å². The van der Waals surface area contributed by atoms with E-state index in [1.54, 1.807) is 0 Å². The van der Waals surface area contributed by atoms with Crippen LogP contribution in [0.1, 0.15) is 64.9 Å². The summed E-state index contributed by atoms with van der Waals surface area (Å²) < 4.78 is 6.68. The first kappa shape index (κ1) is 18.7. The molecule has 3 aliphatic rings. The van der Waals surface area contributed by atoms with Crippen molar-refractivity contribution in [2.45, 2.75) is 71.2 Å². The minimum absolute atomic E-state index is 0.0170. The van der Waals surface area contributed by atoms with Gasteiger partial charge in [0.1, 0.15) is 0 Å². The monoisotopic (exact) mass is 368 g/mol. The second-order valence-corrected chi connectivity index (χ2v) is 8.42. The summed E-state index contributed by atoms with van der Waals surface area (Å²) in [5.41, 5.74) is 1.83. The van der Waals surface area contributed by atoms with Gasteiger partial charge in [-0.15, -0.1) is 0 Å². The van der Waals surface area contributed by atoms with Gasteiger partial charge in [-0.1, -0.05) is 51.1 Å². The SMILES string of the molecule is CCC(CC)[C@@H]1N=C2C[C@H](c3ccccc3)[C@@H](C)C3C[C@@]2(O1)N(CC)C3=O. The van der Waals surface area contributed by atoms with Crippen molar-refractivity contribution in [3.63, 3.8) is 0 Å². The highest BCUT2D eigenvalue weighted by molar-refractivity contribution is 6.01. The molecule has 27 heavy (non-hydrogen) atoms. The lowest BCUT2D eigenvalue weighted by atomic mass is 9.78. The molecule has 1 unspecified atom stereocenters. The summed E-state index contributed by atoms with van der Waals surface area (Å²) >= 11 is 0. The molecule has 2 bridgehead atoms. The van der Waals surface area contributed by atoms with Crippen LogP contribution in [0.15, 0.2) is 35.3 Å². The Morgan fingerprint density at radius 1 is 1.19 bits per heavy atom. The molecule has 1 amide bonds. The Labute approximate surface area is 163 Å². The first-order valence-electron chi connectivity index (χ1n) is 10.7. The summed E-state index contributed by atoms with van der Waals surface area (Å²) in [5.74, 6) is 1.30. The fourth-order valence-electron chi connectivity index (χ4n) is 5.53. The number of aliphatic imine (C=N–C) groups is 1. The number of benzene rings is 1. The van der Waals surface area contributed by atoms with Crippen LogP contribution < -0.4 is 0 Å². The highest BCUT2D eigenvalue weighted by Crippen LogP contribution is 2.52. The highest BCUT2D eigenvalue weighted by atomic mass is 16.6. The van der Waals surface area contributed by atoms with Gasteiger partial charge in [0.05, 0.1) is 5.71 Å². The molecule has 4 heteroatoms. The number of hydrogen-bond acceptors (Lipinski definition) is 3. The first-order valence-corrected chi connectivity index (χ1v) is 10.7. The molecule has 1 aromatic carbocycles. The molecule has 0 aromatic heterocycles. The van der Waals surface area contributed by atoms with Crippen molar-refractivity contribution in [2.24, 2.45) is 22.7 Å². The van der Waals surface area contributed by atoms with Crippen LogP contribution in [0.2, 0.25) is 0 Å². The number of likely N-dealkylation sites (tertiary alicyclic amines) is 1. The van der Waals surface area contributed by atoms with E-state index in [0.29, 0.717) is 18.4 Å². The number of carbonyl (C=O) groups excluding carboxylic acids is 1. The van der Waals surface area contributed by atoms with Gasteiger partial charge in [-0.2, -0.15) is 0 Å². The van der Waals surface area contributed by atoms with E-state index in [9.17, 15) is 4.79 Å². The molecule has 146 valence electrons. The Bertz CT molecular complexity index is 727. The van der Waals surface area contributed by atoms with Crippen molar-refractivity contribution in [3.8, 4) is 0 Å². The van der Waals surface area contributed by atoms with Crippen LogP contribution in [-0.2, 0) is 9.53 Å². The fraction of sp³-hybridized carbons (Fsp3) is 0.652. The van der Waals surface area contributed by atoms with E-state index < -0.39 is 5.72 Å². The Morgan fingerprint density at radius 2 is 1.89 bits per heavy atom. The highest BCUT2D eigenvalue weighted by Gasteiger charge is 2.62. The van der Waals surface area contributed by atoms with Gasteiger partial charge < -0.3 is 9.64 Å². The van der Waals surface area contributed by atoms with E-state index >= 15 is 0 Å². The van der Waals surface area contributed by atoms with Crippen molar-refractivity contribution < 1.29 is 9.53 Å². The number of nitrogens with zero attached hydrogens (tertiary/aromatic N) is 2. The lowest BCUT2D eigenvalue weighted by Gasteiger charge is -2.37. The molecule has 0 N–H and O–H groups in total. The van der Waals surface area contributed by atoms with Crippen LogP contribution in [0.4, 0.5) is 0 Å². The van der Waals surface area contributed by atoms with Crippen LogP contribution >= 0.6 is 0 Å².